The molecule has 1 saturated heterocycles. The van der Waals surface area contributed by atoms with Crippen molar-refractivity contribution in [2.45, 2.75) is 38.3 Å². The molecule has 2 aliphatic rings. The molecule has 2 amide bonds. The molecule has 2 aromatic rings. The number of methoxy groups -OCH3 is 2. The van der Waals surface area contributed by atoms with Crippen molar-refractivity contribution in [1.82, 2.24) is 4.90 Å². The molecule has 6 nitrogen and oxygen atoms in total. The first-order valence-corrected chi connectivity index (χ1v) is 10.7. The van der Waals surface area contributed by atoms with Crippen molar-refractivity contribution in [1.29, 1.82) is 0 Å². The molecule has 0 radical (unpaired) electrons. The van der Waals surface area contributed by atoms with Gasteiger partial charge in [-0.2, -0.15) is 0 Å². The molecule has 2 fully saturated rings. The summed E-state index contributed by atoms with van der Waals surface area (Å²) >= 11 is 0. The standard InChI is InChI=1S/C25H28N2O4/c1-30-22-12-13-23(31-2)19(16-22)17-27(21-10-11-21)25(29)14-7-18-5-8-20(9-6-18)26-15-3-4-24(26)28/h5-9,12-14,16,21H,3-4,10-11,15,17H2,1-2H3/b14-7+. The first kappa shape index (κ1) is 21.0. The fraction of sp³-hybridized carbons (Fsp3) is 0.360. The van der Waals surface area contributed by atoms with Crippen LogP contribution in [0.2, 0.25) is 0 Å². The van der Waals surface area contributed by atoms with Crippen LogP contribution in [0.25, 0.3) is 6.08 Å². The first-order chi connectivity index (χ1) is 15.1. The summed E-state index contributed by atoms with van der Waals surface area (Å²) < 4.78 is 10.8. The molecule has 0 spiro atoms. The van der Waals surface area contributed by atoms with E-state index in [1.165, 1.54) is 0 Å². The summed E-state index contributed by atoms with van der Waals surface area (Å²) in [6.45, 7) is 1.25. The number of amides is 2. The van der Waals surface area contributed by atoms with E-state index in [0.717, 1.165) is 54.1 Å². The Morgan fingerprint density at radius 1 is 1.13 bits per heavy atom. The summed E-state index contributed by atoms with van der Waals surface area (Å²) in [7, 11) is 3.26. The second-order valence-corrected chi connectivity index (χ2v) is 7.95. The van der Waals surface area contributed by atoms with Gasteiger partial charge >= 0.3 is 0 Å². The number of carbonyl (C=O) groups excluding carboxylic acids is 2. The summed E-state index contributed by atoms with van der Waals surface area (Å²) in [5, 5.41) is 0. The van der Waals surface area contributed by atoms with Gasteiger partial charge in [-0.25, -0.2) is 0 Å². The minimum Gasteiger partial charge on any atom is -0.497 e. The van der Waals surface area contributed by atoms with E-state index < -0.39 is 0 Å². The van der Waals surface area contributed by atoms with E-state index in [4.69, 9.17) is 9.47 Å². The van der Waals surface area contributed by atoms with E-state index in [1.807, 2.05) is 58.3 Å². The van der Waals surface area contributed by atoms with E-state index >= 15 is 0 Å². The van der Waals surface area contributed by atoms with E-state index in [-0.39, 0.29) is 17.9 Å². The number of benzene rings is 2. The molecule has 0 atom stereocenters. The van der Waals surface area contributed by atoms with Crippen LogP contribution in [-0.2, 0) is 16.1 Å². The molecule has 162 valence electrons. The van der Waals surface area contributed by atoms with E-state index in [9.17, 15) is 9.59 Å². The van der Waals surface area contributed by atoms with Crippen LogP contribution in [0.15, 0.2) is 48.5 Å². The Balaban J connectivity index is 1.46. The van der Waals surface area contributed by atoms with Crippen molar-refractivity contribution in [2.75, 3.05) is 25.7 Å². The van der Waals surface area contributed by atoms with Crippen LogP contribution >= 0.6 is 0 Å². The SMILES string of the molecule is COc1ccc(OC)c(CN(C(=O)/C=C/c2ccc(N3CCCC3=O)cc2)C2CC2)c1. The van der Waals surface area contributed by atoms with Crippen LogP contribution in [0.4, 0.5) is 5.69 Å². The summed E-state index contributed by atoms with van der Waals surface area (Å²) in [4.78, 5) is 28.6. The highest BCUT2D eigenvalue weighted by Gasteiger charge is 2.32. The van der Waals surface area contributed by atoms with Crippen molar-refractivity contribution in [2.24, 2.45) is 0 Å². The van der Waals surface area contributed by atoms with Crippen LogP contribution in [0.5, 0.6) is 11.5 Å². The van der Waals surface area contributed by atoms with Crippen LogP contribution in [0.1, 0.15) is 36.8 Å². The second kappa shape index (κ2) is 9.25. The average Bonchev–Trinajstić information content (AvgIpc) is 3.55. The van der Waals surface area contributed by atoms with Gasteiger partial charge < -0.3 is 19.3 Å². The molecule has 0 bridgehead atoms. The Labute approximate surface area is 183 Å². The molecule has 1 saturated carbocycles. The van der Waals surface area contributed by atoms with Crippen molar-refractivity contribution in [3.05, 3.63) is 59.7 Å². The third-order valence-electron chi connectivity index (χ3n) is 5.80. The van der Waals surface area contributed by atoms with Gasteiger partial charge in [0.25, 0.3) is 0 Å². The topological polar surface area (TPSA) is 59.1 Å². The third kappa shape index (κ3) is 4.90. The molecule has 2 aromatic carbocycles. The molecule has 0 aromatic heterocycles. The van der Waals surface area contributed by atoms with Crippen molar-refractivity contribution >= 4 is 23.6 Å². The van der Waals surface area contributed by atoms with Gasteiger partial charge in [0.2, 0.25) is 11.8 Å². The van der Waals surface area contributed by atoms with Gasteiger partial charge in [-0.1, -0.05) is 12.1 Å². The molecule has 1 aliphatic carbocycles. The van der Waals surface area contributed by atoms with Gasteiger partial charge in [0.1, 0.15) is 11.5 Å². The lowest BCUT2D eigenvalue weighted by Crippen LogP contribution is -2.31. The highest BCUT2D eigenvalue weighted by molar-refractivity contribution is 5.95. The van der Waals surface area contributed by atoms with Crippen LogP contribution < -0.4 is 14.4 Å². The number of carbonyl (C=O) groups is 2. The Morgan fingerprint density at radius 3 is 2.52 bits per heavy atom. The number of rotatable bonds is 8. The predicted octanol–water partition coefficient (Wildman–Crippen LogP) is 4.04. The Bertz CT molecular complexity index is 980. The number of anilines is 1. The highest BCUT2D eigenvalue weighted by atomic mass is 16.5. The normalized spacial score (nSPS) is 16.1. The Kier molecular flexibility index (Phi) is 6.26. The van der Waals surface area contributed by atoms with Crippen molar-refractivity contribution in [3.8, 4) is 11.5 Å². The molecular weight excluding hydrogens is 392 g/mol. The summed E-state index contributed by atoms with van der Waals surface area (Å²) in [6.07, 6.45) is 7.02. The van der Waals surface area contributed by atoms with E-state index in [2.05, 4.69) is 0 Å². The Hall–Kier alpha value is -3.28. The average molecular weight is 421 g/mol. The minimum absolute atomic E-state index is 0.0221. The van der Waals surface area contributed by atoms with Gasteiger partial charge in [0, 0.05) is 36.3 Å². The second-order valence-electron chi connectivity index (χ2n) is 7.95. The molecule has 4 rings (SSSR count). The van der Waals surface area contributed by atoms with E-state index in [1.54, 1.807) is 20.3 Å². The zero-order valence-electron chi connectivity index (χ0n) is 18.0. The quantitative estimate of drug-likeness (QED) is 0.605. The van der Waals surface area contributed by atoms with Crippen molar-refractivity contribution in [3.63, 3.8) is 0 Å². The van der Waals surface area contributed by atoms with Crippen LogP contribution in [0, 0.1) is 0 Å². The van der Waals surface area contributed by atoms with Gasteiger partial charge in [-0.3, -0.25) is 9.59 Å². The summed E-state index contributed by atoms with van der Waals surface area (Å²) in [5.74, 6) is 1.64. The van der Waals surface area contributed by atoms with Gasteiger partial charge in [-0.05, 0) is 61.2 Å². The number of ether oxygens (including phenoxy) is 2. The number of hydrogen-bond acceptors (Lipinski definition) is 4. The number of nitrogens with zero attached hydrogens (tertiary/aromatic N) is 2. The lowest BCUT2D eigenvalue weighted by Gasteiger charge is -2.22. The lowest BCUT2D eigenvalue weighted by molar-refractivity contribution is -0.127. The smallest absolute Gasteiger partial charge is 0.247 e. The Morgan fingerprint density at radius 2 is 1.90 bits per heavy atom. The minimum atomic E-state index is -0.0221. The van der Waals surface area contributed by atoms with E-state index in [0.29, 0.717) is 13.0 Å². The maximum absolute atomic E-state index is 13.0. The van der Waals surface area contributed by atoms with Gasteiger partial charge in [0.15, 0.2) is 0 Å². The molecule has 1 aliphatic heterocycles. The van der Waals surface area contributed by atoms with Gasteiger partial charge in [-0.15, -0.1) is 0 Å². The predicted molar refractivity (Wildman–Crippen MR) is 120 cm³/mol. The van der Waals surface area contributed by atoms with Gasteiger partial charge in [0.05, 0.1) is 20.8 Å². The maximum atomic E-state index is 13.0. The molecule has 0 N–H and O–H groups in total. The van der Waals surface area contributed by atoms with Crippen LogP contribution in [0.3, 0.4) is 0 Å². The fourth-order valence-electron chi connectivity index (χ4n) is 3.91. The summed E-state index contributed by atoms with van der Waals surface area (Å²) in [6, 6.07) is 13.7. The lowest BCUT2D eigenvalue weighted by atomic mass is 10.1. The molecule has 6 heteroatoms. The molecule has 1 heterocycles. The first-order valence-electron chi connectivity index (χ1n) is 10.7. The zero-order chi connectivity index (χ0) is 21.8. The molecule has 31 heavy (non-hydrogen) atoms. The molecule has 0 unspecified atom stereocenters. The van der Waals surface area contributed by atoms with Crippen LogP contribution in [-0.4, -0.2) is 43.5 Å². The monoisotopic (exact) mass is 420 g/mol. The highest BCUT2D eigenvalue weighted by Crippen LogP contribution is 2.32. The third-order valence-corrected chi connectivity index (χ3v) is 5.80. The zero-order valence-corrected chi connectivity index (χ0v) is 18.0. The van der Waals surface area contributed by atoms with Crippen molar-refractivity contribution < 1.29 is 19.1 Å². The largest absolute Gasteiger partial charge is 0.497 e. The number of hydrogen-bond donors (Lipinski definition) is 0. The summed E-state index contributed by atoms with van der Waals surface area (Å²) in [5.41, 5.74) is 2.77. The maximum Gasteiger partial charge on any atom is 0.247 e. The fourth-order valence-corrected chi connectivity index (χ4v) is 3.91. The molecular formula is C25H28N2O4.